The number of anilines is 2. The Morgan fingerprint density at radius 3 is 2.75 bits per heavy atom. The van der Waals surface area contributed by atoms with Crippen LogP contribution in [0.25, 0.3) is 6.08 Å². The minimum atomic E-state index is -1.06. The molecule has 0 saturated carbocycles. The van der Waals surface area contributed by atoms with Gasteiger partial charge in [0.25, 0.3) is 5.91 Å². The number of nitrogens with zero attached hydrogens (tertiary/aromatic N) is 1. The summed E-state index contributed by atoms with van der Waals surface area (Å²) in [6.07, 6.45) is 3.40. The summed E-state index contributed by atoms with van der Waals surface area (Å²) in [7, 11) is 0. The van der Waals surface area contributed by atoms with Crippen molar-refractivity contribution in [2.45, 2.75) is 6.42 Å². The van der Waals surface area contributed by atoms with Crippen LogP contribution in [0.4, 0.5) is 11.4 Å². The molecule has 0 fully saturated rings. The second-order valence-electron chi connectivity index (χ2n) is 6.08. The molecule has 0 radical (unpaired) electrons. The maximum absolute atomic E-state index is 12.6. The lowest BCUT2D eigenvalue weighted by Gasteiger charge is -2.16. The van der Waals surface area contributed by atoms with Crippen molar-refractivity contribution < 1.29 is 14.7 Å². The highest BCUT2D eigenvalue weighted by atomic mass is 35.5. The minimum absolute atomic E-state index is 0.285. The van der Waals surface area contributed by atoms with Crippen LogP contribution in [0.5, 0.6) is 0 Å². The number of carboxylic acids is 1. The van der Waals surface area contributed by atoms with Crippen LogP contribution < -0.4 is 16.0 Å². The molecule has 144 valence electrons. The number of guanidine groups is 1. The molecule has 4 N–H and O–H groups in total. The average molecular weight is 399 g/mol. The lowest BCUT2D eigenvalue weighted by molar-refractivity contribution is -0.131. The normalized spacial score (nSPS) is 13.5. The Bertz CT molecular complexity index is 956. The van der Waals surface area contributed by atoms with E-state index in [0.717, 1.165) is 31.3 Å². The van der Waals surface area contributed by atoms with Crippen molar-refractivity contribution >= 4 is 46.9 Å². The summed E-state index contributed by atoms with van der Waals surface area (Å²) in [5.74, 6) is -0.649. The standard InChI is InChI=1S/C20H19ClN4O3/c21-17-12-16(7-5-13(17)6-8-18(26)27)24-19(28)14-3-1-4-15(11-14)25-20-22-9-2-10-23-20/h1,3-8,11-12H,2,9-10H2,(H,24,28)(H,26,27)(H2,22,23,25)/b8-6+. The molecule has 1 heterocycles. The van der Waals surface area contributed by atoms with Crippen LogP contribution in [0, 0.1) is 0 Å². The van der Waals surface area contributed by atoms with Crippen molar-refractivity contribution in [1.82, 2.24) is 5.32 Å². The summed E-state index contributed by atoms with van der Waals surface area (Å²) in [5, 5.41) is 18.1. The van der Waals surface area contributed by atoms with E-state index < -0.39 is 5.97 Å². The molecule has 1 aliphatic heterocycles. The van der Waals surface area contributed by atoms with Gasteiger partial charge in [-0.2, -0.15) is 0 Å². The third-order valence-electron chi connectivity index (χ3n) is 3.95. The van der Waals surface area contributed by atoms with Gasteiger partial charge in [-0.15, -0.1) is 0 Å². The Morgan fingerprint density at radius 2 is 2.04 bits per heavy atom. The smallest absolute Gasteiger partial charge is 0.328 e. The third-order valence-corrected chi connectivity index (χ3v) is 4.28. The van der Waals surface area contributed by atoms with Crippen molar-refractivity contribution in [1.29, 1.82) is 0 Å². The Balaban J connectivity index is 1.69. The number of nitrogens with one attached hydrogen (secondary N) is 3. The van der Waals surface area contributed by atoms with Gasteiger partial charge in [0, 0.05) is 41.1 Å². The average Bonchev–Trinajstić information content (AvgIpc) is 2.68. The topological polar surface area (TPSA) is 103 Å². The van der Waals surface area contributed by atoms with Crippen LogP contribution in [0.15, 0.2) is 53.5 Å². The van der Waals surface area contributed by atoms with E-state index >= 15 is 0 Å². The van der Waals surface area contributed by atoms with Crippen LogP contribution in [-0.4, -0.2) is 36.0 Å². The monoisotopic (exact) mass is 398 g/mol. The lowest BCUT2D eigenvalue weighted by atomic mass is 10.1. The molecule has 0 unspecified atom stereocenters. The molecule has 0 atom stereocenters. The largest absolute Gasteiger partial charge is 0.478 e. The van der Waals surface area contributed by atoms with E-state index in [-0.39, 0.29) is 5.91 Å². The first-order valence-electron chi connectivity index (χ1n) is 8.68. The molecule has 1 amide bonds. The van der Waals surface area contributed by atoms with E-state index in [4.69, 9.17) is 16.7 Å². The second kappa shape index (κ2) is 9.05. The van der Waals surface area contributed by atoms with Crippen LogP contribution in [-0.2, 0) is 4.79 Å². The maximum Gasteiger partial charge on any atom is 0.328 e. The van der Waals surface area contributed by atoms with Crippen LogP contribution in [0.1, 0.15) is 22.3 Å². The zero-order valence-corrected chi connectivity index (χ0v) is 15.7. The van der Waals surface area contributed by atoms with Gasteiger partial charge in [0.05, 0.1) is 0 Å². The van der Waals surface area contributed by atoms with E-state index in [0.29, 0.717) is 27.8 Å². The summed E-state index contributed by atoms with van der Waals surface area (Å²) >= 11 is 6.15. The number of amides is 1. The molecule has 2 aromatic rings. The number of carbonyl (C=O) groups excluding carboxylic acids is 1. The fourth-order valence-electron chi connectivity index (χ4n) is 2.60. The number of rotatable bonds is 5. The van der Waals surface area contributed by atoms with Crippen LogP contribution in [0.2, 0.25) is 5.02 Å². The molecule has 0 bridgehead atoms. The predicted molar refractivity (Wildman–Crippen MR) is 111 cm³/mol. The predicted octanol–water partition coefficient (Wildman–Crippen LogP) is 3.45. The van der Waals surface area contributed by atoms with Crippen molar-refractivity contribution in [3.8, 4) is 0 Å². The lowest BCUT2D eigenvalue weighted by Crippen LogP contribution is -2.35. The van der Waals surface area contributed by atoms with Crippen molar-refractivity contribution in [3.63, 3.8) is 0 Å². The summed E-state index contributed by atoms with van der Waals surface area (Å²) in [6, 6.07) is 12.0. The number of aliphatic imine (C=N–C) groups is 1. The molecule has 8 heteroatoms. The maximum atomic E-state index is 12.6. The second-order valence-corrected chi connectivity index (χ2v) is 6.49. The van der Waals surface area contributed by atoms with Gasteiger partial charge in [-0.3, -0.25) is 9.79 Å². The van der Waals surface area contributed by atoms with E-state index in [1.165, 1.54) is 6.08 Å². The Kier molecular flexibility index (Phi) is 6.29. The van der Waals surface area contributed by atoms with E-state index in [1.807, 2.05) is 6.07 Å². The number of carboxylic acid groups (broad SMARTS) is 1. The zero-order valence-electron chi connectivity index (χ0n) is 14.9. The number of carbonyl (C=O) groups is 2. The summed E-state index contributed by atoms with van der Waals surface area (Å²) in [6.45, 7) is 1.64. The van der Waals surface area contributed by atoms with E-state index in [9.17, 15) is 9.59 Å². The molecule has 2 aromatic carbocycles. The van der Waals surface area contributed by atoms with Crippen LogP contribution in [0.3, 0.4) is 0 Å². The summed E-state index contributed by atoms with van der Waals surface area (Å²) < 4.78 is 0. The molecule has 3 rings (SSSR count). The van der Waals surface area contributed by atoms with Gasteiger partial charge in [0.2, 0.25) is 0 Å². The van der Waals surface area contributed by atoms with Crippen LogP contribution >= 0.6 is 11.6 Å². The molecule has 0 spiro atoms. The Morgan fingerprint density at radius 1 is 1.18 bits per heavy atom. The highest BCUT2D eigenvalue weighted by Gasteiger charge is 2.10. The molecule has 28 heavy (non-hydrogen) atoms. The first kappa shape index (κ1) is 19.4. The number of halogens is 1. The fraction of sp³-hybridized carbons (Fsp3) is 0.150. The van der Waals surface area contributed by atoms with E-state index in [1.54, 1.807) is 36.4 Å². The highest BCUT2D eigenvalue weighted by molar-refractivity contribution is 6.32. The van der Waals surface area contributed by atoms with Gasteiger partial charge >= 0.3 is 5.97 Å². The highest BCUT2D eigenvalue weighted by Crippen LogP contribution is 2.23. The molecule has 0 saturated heterocycles. The number of hydrogen-bond donors (Lipinski definition) is 4. The van der Waals surface area contributed by atoms with Gasteiger partial charge in [0.15, 0.2) is 5.96 Å². The van der Waals surface area contributed by atoms with Gasteiger partial charge in [-0.1, -0.05) is 23.7 Å². The minimum Gasteiger partial charge on any atom is -0.478 e. The van der Waals surface area contributed by atoms with Gasteiger partial charge in [-0.05, 0) is 48.4 Å². The molecule has 7 nitrogen and oxygen atoms in total. The Hall–Kier alpha value is -3.32. The van der Waals surface area contributed by atoms with Gasteiger partial charge in [0.1, 0.15) is 0 Å². The number of hydrogen-bond acceptors (Lipinski definition) is 5. The molecular formula is C20H19ClN4O3. The SMILES string of the molecule is O=C(O)/C=C/c1ccc(NC(=O)c2cccc(NC3=NCCCN3)c2)cc1Cl. The molecule has 1 aliphatic rings. The van der Waals surface area contributed by atoms with Gasteiger partial charge in [-0.25, -0.2) is 4.79 Å². The molecule has 0 aliphatic carbocycles. The van der Waals surface area contributed by atoms with Crippen molar-refractivity contribution in [2.75, 3.05) is 23.7 Å². The summed E-state index contributed by atoms with van der Waals surface area (Å²) in [4.78, 5) is 27.5. The fourth-order valence-corrected chi connectivity index (χ4v) is 2.84. The van der Waals surface area contributed by atoms with Crippen molar-refractivity contribution in [2.24, 2.45) is 4.99 Å². The quantitative estimate of drug-likeness (QED) is 0.578. The Labute approximate surface area is 167 Å². The first-order chi connectivity index (χ1) is 13.5. The van der Waals surface area contributed by atoms with Gasteiger partial charge < -0.3 is 21.1 Å². The number of aliphatic carboxylic acids is 1. The first-order valence-corrected chi connectivity index (χ1v) is 9.06. The molecular weight excluding hydrogens is 380 g/mol. The number of benzene rings is 2. The van der Waals surface area contributed by atoms with Crippen molar-refractivity contribution in [3.05, 3.63) is 64.7 Å². The molecule has 0 aromatic heterocycles. The zero-order chi connectivity index (χ0) is 19.9. The van der Waals surface area contributed by atoms with E-state index in [2.05, 4.69) is 20.9 Å². The summed E-state index contributed by atoms with van der Waals surface area (Å²) in [5.41, 5.74) is 2.30. The third kappa shape index (κ3) is 5.34.